The van der Waals surface area contributed by atoms with Crippen molar-refractivity contribution in [1.29, 1.82) is 0 Å². The second-order valence-electron chi connectivity index (χ2n) is 3.47. The van der Waals surface area contributed by atoms with Gasteiger partial charge in [0.1, 0.15) is 11.0 Å². The lowest BCUT2D eigenvalue weighted by molar-refractivity contribution is -0.136. The molecule has 1 atom stereocenters. The van der Waals surface area contributed by atoms with Gasteiger partial charge in [-0.05, 0) is 13.0 Å². The van der Waals surface area contributed by atoms with E-state index < -0.39 is 5.97 Å². The van der Waals surface area contributed by atoms with E-state index in [0.717, 1.165) is 5.69 Å². The fourth-order valence-corrected chi connectivity index (χ4v) is 2.25. The molecule has 1 heterocycles. The van der Waals surface area contributed by atoms with Crippen molar-refractivity contribution >= 4 is 29.3 Å². The van der Waals surface area contributed by atoms with Crippen molar-refractivity contribution in [1.82, 2.24) is 9.97 Å². The van der Waals surface area contributed by atoms with E-state index in [2.05, 4.69) is 9.97 Å². The smallest absolute Gasteiger partial charge is 0.304 e. The zero-order chi connectivity index (χ0) is 12.1. The maximum atomic E-state index is 10.5. The van der Waals surface area contributed by atoms with Gasteiger partial charge in [0, 0.05) is 10.9 Å². The summed E-state index contributed by atoms with van der Waals surface area (Å²) in [6.45, 7) is 3.72. The first-order valence-corrected chi connectivity index (χ1v) is 6.23. The van der Waals surface area contributed by atoms with Gasteiger partial charge in [-0.1, -0.05) is 18.5 Å². The van der Waals surface area contributed by atoms with Crippen LogP contribution in [-0.4, -0.2) is 26.3 Å². The molecule has 1 aromatic rings. The molecule has 0 fully saturated rings. The van der Waals surface area contributed by atoms with E-state index in [1.54, 1.807) is 6.07 Å². The number of hydrogen-bond acceptors (Lipinski definition) is 4. The van der Waals surface area contributed by atoms with E-state index >= 15 is 0 Å². The molecule has 6 heteroatoms. The molecule has 0 amide bonds. The summed E-state index contributed by atoms with van der Waals surface area (Å²) < 4.78 is 0. The fourth-order valence-electron chi connectivity index (χ4n) is 1.17. The monoisotopic (exact) mass is 260 g/mol. The predicted molar refractivity (Wildman–Crippen MR) is 64.8 cm³/mol. The summed E-state index contributed by atoms with van der Waals surface area (Å²) in [6, 6.07) is 1.69. The van der Waals surface area contributed by atoms with Crippen LogP contribution in [0.4, 0.5) is 0 Å². The largest absolute Gasteiger partial charge is 0.481 e. The van der Waals surface area contributed by atoms with Crippen molar-refractivity contribution in [2.24, 2.45) is 0 Å². The number of carbonyl (C=O) groups is 1. The average molecular weight is 261 g/mol. The fraction of sp³-hybridized carbons (Fsp3) is 0.500. The zero-order valence-corrected chi connectivity index (χ0v) is 10.7. The van der Waals surface area contributed by atoms with Gasteiger partial charge in [-0.15, -0.1) is 0 Å². The number of aryl methyl sites for hydroxylation is 1. The first-order chi connectivity index (χ1) is 7.47. The second kappa shape index (κ2) is 6.06. The van der Waals surface area contributed by atoms with Crippen LogP contribution in [0.15, 0.2) is 6.07 Å². The van der Waals surface area contributed by atoms with E-state index in [1.165, 1.54) is 11.8 Å². The van der Waals surface area contributed by atoms with Gasteiger partial charge < -0.3 is 5.11 Å². The van der Waals surface area contributed by atoms with Gasteiger partial charge in [-0.2, -0.15) is 11.8 Å². The Morgan fingerprint density at radius 3 is 2.88 bits per heavy atom. The van der Waals surface area contributed by atoms with Crippen molar-refractivity contribution in [3.05, 3.63) is 22.7 Å². The van der Waals surface area contributed by atoms with Crippen LogP contribution in [0.5, 0.6) is 0 Å². The molecule has 0 spiro atoms. The summed E-state index contributed by atoms with van der Waals surface area (Å²) >= 11 is 7.31. The first kappa shape index (κ1) is 13.3. The standard InChI is InChI=1S/C10H13ClN2O2S/c1-6-3-8(11)13-9(12-6)5-16-7(2)4-10(14)15/h3,7H,4-5H2,1-2H3,(H,14,15). The molecule has 16 heavy (non-hydrogen) atoms. The van der Waals surface area contributed by atoms with E-state index in [4.69, 9.17) is 16.7 Å². The van der Waals surface area contributed by atoms with Crippen molar-refractivity contribution < 1.29 is 9.90 Å². The number of rotatable bonds is 5. The number of aromatic nitrogens is 2. The summed E-state index contributed by atoms with van der Waals surface area (Å²) in [7, 11) is 0. The molecule has 0 bridgehead atoms. The highest BCUT2D eigenvalue weighted by molar-refractivity contribution is 7.99. The predicted octanol–water partition coefficient (Wildman–Crippen LogP) is 2.53. The van der Waals surface area contributed by atoms with Gasteiger partial charge >= 0.3 is 5.97 Å². The third kappa shape index (κ3) is 4.81. The Labute approximate surface area is 103 Å². The molecule has 1 N–H and O–H groups in total. The zero-order valence-electron chi connectivity index (χ0n) is 9.11. The number of hydrogen-bond donors (Lipinski definition) is 1. The van der Waals surface area contributed by atoms with Crippen LogP contribution in [0.2, 0.25) is 5.15 Å². The van der Waals surface area contributed by atoms with Crippen molar-refractivity contribution in [3.8, 4) is 0 Å². The normalized spacial score (nSPS) is 12.4. The Morgan fingerprint density at radius 2 is 2.31 bits per heavy atom. The molecule has 0 saturated heterocycles. The minimum atomic E-state index is -0.789. The molecule has 0 saturated carbocycles. The highest BCUT2D eigenvalue weighted by Crippen LogP contribution is 2.19. The van der Waals surface area contributed by atoms with Crippen molar-refractivity contribution in [2.75, 3.05) is 0 Å². The third-order valence-electron chi connectivity index (χ3n) is 1.83. The van der Waals surface area contributed by atoms with E-state index in [1.807, 2.05) is 13.8 Å². The van der Waals surface area contributed by atoms with Crippen LogP contribution >= 0.6 is 23.4 Å². The topological polar surface area (TPSA) is 63.1 Å². The lowest BCUT2D eigenvalue weighted by Crippen LogP contribution is -2.06. The summed E-state index contributed by atoms with van der Waals surface area (Å²) in [5, 5.41) is 9.07. The van der Waals surface area contributed by atoms with E-state index in [0.29, 0.717) is 16.7 Å². The van der Waals surface area contributed by atoms with Gasteiger partial charge in [-0.3, -0.25) is 4.79 Å². The number of halogens is 1. The van der Waals surface area contributed by atoms with E-state index in [9.17, 15) is 4.79 Å². The van der Waals surface area contributed by atoms with Crippen LogP contribution < -0.4 is 0 Å². The summed E-state index contributed by atoms with van der Waals surface area (Å²) in [6.07, 6.45) is 0.143. The Morgan fingerprint density at radius 1 is 1.62 bits per heavy atom. The molecular weight excluding hydrogens is 248 g/mol. The molecule has 0 aliphatic rings. The van der Waals surface area contributed by atoms with Crippen LogP contribution in [-0.2, 0) is 10.5 Å². The van der Waals surface area contributed by atoms with Gasteiger partial charge in [0.25, 0.3) is 0 Å². The number of carboxylic acids is 1. The van der Waals surface area contributed by atoms with Gasteiger partial charge in [-0.25, -0.2) is 9.97 Å². The van der Waals surface area contributed by atoms with Crippen molar-refractivity contribution in [3.63, 3.8) is 0 Å². The Bertz CT molecular complexity index is 367. The molecule has 1 rings (SSSR count). The summed E-state index contributed by atoms with van der Waals surface area (Å²) in [5.41, 5.74) is 0.821. The SMILES string of the molecule is Cc1cc(Cl)nc(CSC(C)CC(=O)O)n1. The number of thioether (sulfide) groups is 1. The molecule has 1 aromatic heterocycles. The lowest BCUT2D eigenvalue weighted by atomic mass is 10.3. The Kier molecular flexibility index (Phi) is 5.02. The average Bonchev–Trinajstić information content (AvgIpc) is 2.12. The maximum absolute atomic E-state index is 10.5. The second-order valence-corrected chi connectivity index (χ2v) is 5.28. The van der Waals surface area contributed by atoms with Gasteiger partial charge in [0.2, 0.25) is 0 Å². The van der Waals surface area contributed by atoms with Crippen LogP contribution in [0, 0.1) is 6.92 Å². The van der Waals surface area contributed by atoms with E-state index in [-0.39, 0.29) is 11.7 Å². The number of carboxylic acid groups (broad SMARTS) is 1. The van der Waals surface area contributed by atoms with Gasteiger partial charge in [0.15, 0.2) is 0 Å². The third-order valence-corrected chi connectivity index (χ3v) is 3.18. The highest BCUT2D eigenvalue weighted by Gasteiger charge is 2.09. The molecular formula is C10H13ClN2O2S. The number of nitrogens with zero attached hydrogens (tertiary/aromatic N) is 2. The maximum Gasteiger partial charge on any atom is 0.304 e. The Hall–Kier alpha value is -0.810. The van der Waals surface area contributed by atoms with Crippen molar-refractivity contribution in [2.45, 2.75) is 31.3 Å². The molecule has 88 valence electrons. The lowest BCUT2D eigenvalue weighted by Gasteiger charge is -2.07. The molecule has 0 aliphatic carbocycles. The number of aliphatic carboxylic acids is 1. The first-order valence-electron chi connectivity index (χ1n) is 4.81. The van der Waals surface area contributed by atoms with Crippen LogP contribution in [0.1, 0.15) is 24.9 Å². The molecule has 0 aliphatic heterocycles. The molecule has 0 radical (unpaired) electrons. The molecule has 1 unspecified atom stereocenters. The minimum absolute atomic E-state index is 0.0420. The van der Waals surface area contributed by atoms with Gasteiger partial charge in [0.05, 0.1) is 12.2 Å². The van der Waals surface area contributed by atoms with Crippen LogP contribution in [0.25, 0.3) is 0 Å². The van der Waals surface area contributed by atoms with Crippen LogP contribution in [0.3, 0.4) is 0 Å². The summed E-state index contributed by atoms with van der Waals surface area (Å²) in [5.74, 6) is 0.436. The minimum Gasteiger partial charge on any atom is -0.481 e. The highest BCUT2D eigenvalue weighted by atomic mass is 35.5. The molecule has 4 nitrogen and oxygen atoms in total. The summed E-state index contributed by atoms with van der Waals surface area (Å²) in [4.78, 5) is 18.8. The molecule has 0 aromatic carbocycles. The Balaban J connectivity index is 2.51. The quantitative estimate of drug-likeness (QED) is 0.825.